The van der Waals surface area contributed by atoms with Crippen molar-refractivity contribution in [2.45, 2.75) is 25.2 Å². The summed E-state index contributed by atoms with van der Waals surface area (Å²) in [7, 11) is 0. The molecule has 1 aliphatic carbocycles. The summed E-state index contributed by atoms with van der Waals surface area (Å²) in [5.41, 5.74) is 3.27. The Bertz CT molecular complexity index is 774. The molecule has 126 valence electrons. The molecule has 1 atom stereocenters. The maximum Gasteiger partial charge on any atom is 0.573 e. The van der Waals surface area contributed by atoms with E-state index < -0.39 is 12.5 Å². The van der Waals surface area contributed by atoms with E-state index in [4.69, 9.17) is 5.11 Å². The van der Waals surface area contributed by atoms with Gasteiger partial charge in [0, 0.05) is 0 Å². The number of benzene rings is 2. The van der Waals surface area contributed by atoms with Crippen molar-refractivity contribution in [2.24, 2.45) is 0 Å². The standard InChI is InChI=1S/C17H14F3NO3/c18-17(19,20)24-13-3-1-2-10(9-13)11-4-6-14-12(8-11)5-7-15(14)21-16(22)23/h1-4,6,8-9,15,21H,5,7H2,(H,22,23). The number of aryl methyl sites for hydroxylation is 1. The first kappa shape index (κ1) is 16.2. The minimum absolute atomic E-state index is 0.244. The van der Waals surface area contributed by atoms with Gasteiger partial charge < -0.3 is 15.2 Å². The second kappa shape index (κ2) is 6.07. The third kappa shape index (κ3) is 3.61. The molecule has 0 fully saturated rings. The fourth-order valence-corrected chi connectivity index (χ4v) is 2.97. The van der Waals surface area contributed by atoms with E-state index >= 15 is 0 Å². The van der Waals surface area contributed by atoms with Crippen molar-refractivity contribution in [3.8, 4) is 16.9 Å². The molecule has 7 heteroatoms. The third-order valence-corrected chi connectivity index (χ3v) is 3.92. The molecule has 0 spiro atoms. The van der Waals surface area contributed by atoms with Crippen LogP contribution in [0.1, 0.15) is 23.6 Å². The molecule has 24 heavy (non-hydrogen) atoms. The van der Waals surface area contributed by atoms with E-state index in [0.29, 0.717) is 18.4 Å². The first-order valence-corrected chi connectivity index (χ1v) is 7.30. The number of carbonyl (C=O) groups is 1. The predicted octanol–water partition coefficient (Wildman–Crippen LogP) is 4.51. The molecule has 0 aliphatic heterocycles. The van der Waals surface area contributed by atoms with Crippen LogP contribution in [0.25, 0.3) is 11.1 Å². The topological polar surface area (TPSA) is 58.6 Å². The van der Waals surface area contributed by atoms with Gasteiger partial charge in [-0.05, 0) is 47.2 Å². The normalized spacial score (nSPS) is 16.5. The number of rotatable bonds is 3. The van der Waals surface area contributed by atoms with Gasteiger partial charge in [-0.1, -0.05) is 30.3 Å². The molecule has 0 radical (unpaired) electrons. The number of hydrogen-bond donors (Lipinski definition) is 2. The van der Waals surface area contributed by atoms with Crippen molar-refractivity contribution < 1.29 is 27.8 Å². The number of ether oxygens (including phenoxy) is 1. The highest BCUT2D eigenvalue weighted by molar-refractivity contribution is 5.68. The van der Waals surface area contributed by atoms with Crippen molar-refractivity contribution >= 4 is 6.09 Å². The van der Waals surface area contributed by atoms with E-state index in [9.17, 15) is 18.0 Å². The van der Waals surface area contributed by atoms with E-state index in [1.807, 2.05) is 12.1 Å². The molecular weight excluding hydrogens is 323 g/mol. The van der Waals surface area contributed by atoms with Gasteiger partial charge in [-0.3, -0.25) is 0 Å². The van der Waals surface area contributed by atoms with Crippen molar-refractivity contribution in [1.82, 2.24) is 5.32 Å². The molecule has 3 rings (SSSR count). The minimum Gasteiger partial charge on any atom is -0.465 e. The Morgan fingerprint density at radius 1 is 1.17 bits per heavy atom. The van der Waals surface area contributed by atoms with Crippen LogP contribution in [0.3, 0.4) is 0 Å². The van der Waals surface area contributed by atoms with Crippen LogP contribution in [0.4, 0.5) is 18.0 Å². The second-order valence-electron chi connectivity index (χ2n) is 5.53. The maximum atomic E-state index is 12.3. The summed E-state index contributed by atoms with van der Waals surface area (Å²) in [5.74, 6) is -0.272. The highest BCUT2D eigenvalue weighted by Gasteiger charge is 2.31. The summed E-state index contributed by atoms with van der Waals surface area (Å²) < 4.78 is 40.9. The van der Waals surface area contributed by atoms with Gasteiger partial charge in [-0.25, -0.2) is 4.79 Å². The fourth-order valence-electron chi connectivity index (χ4n) is 2.97. The average molecular weight is 337 g/mol. The lowest BCUT2D eigenvalue weighted by Gasteiger charge is -2.13. The van der Waals surface area contributed by atoms with E-state index in [-0.39, 0.29) is 11.8 Å². The Labute approximate surface area is 135 Å². The molecule has 0 heterocycles. The van der Waals surface area contributed by atoms with E-state index in [0.717, 1.165) is 16.7 Å². The van der Waals surface area contributed by atoms with Crippen LogP contribution in [0.2, 0.25) is 0 Å². The summed E-state index contributed by atoms with van der Waals surface area (Å²) in [4.78, 5) is 10.8. The second-order valence-corrected chi connectivity index (χ2v) is 5.53. The number of halogens is 3. The molecule has 0 saturated heterocycles. The minimum atomic E-state index is -4.73. The van der Waals surface area contributed by atoms with Gasteiger partial charge in [0.2, 0.25) is 0 Å². The Morgan fingerprint density at radius 2 is 1.92 bits per heavy atom. The summed E-state index contributed by atoms with van der Waals surface area (Å²) in [6.07, 6.45) is -4.42. The highest BCUT2D eigenvalue weighted by atomic mass is 19.4. The SMILES string of the molecule is O=C(O)NC1CCc2cc(-c3cccc(OC(F)(F)F)c3)ccc21. The molecular formula is C17H14F3NO3. The van der Waals surface area contributed by atoms with Crippen molar-refractivity contribution in [3.05, 3.63) is 53.6 Å². The molecule has 0 saturated carbocycles. The van der Waals surface area contributed by atoms with Crippen LogP contribution >= 0.6 is 0 Å². The van der Waals surface area contributed by atoms with Gasteiger partial charge in [0.1, 0.15) is 5.75 Å². The molecule has 2 aromatic rings. The molecule has 2 N–H and O–H groups in total. The Kier molecular flexibility index (Phi) is 4.09. The zero-order valence-electron chi connectivity index (χ0n) is 12.4. The van der Waals surface area contributed by atoms with Crippen LogP contribution in [0, 0.1) is 0 Å². The molecule has 1 amide bonds. The molecule has 0 aromatic heterocycles. The van der Waals surface area contributed by atoms with Gasteiger partial charge in [0.05, 0.1) is 6.04 Å². The Morgan fingerprint density at radius 3 is 2.62 bits per heavy atom. The number of fused-ring (bicyclic) bond motifs is 1. The average Bonchev–Trinajstić information content (AvgIpc) is 2.87. The van der Waals surface area contributed by atoms with Gasteiger partial charge in [-0.2, -0.15) is 0 Å². The summed E-state index contributed by atoms with van der Waals surface area (Å²) >= 11 is 0. The molecule has 1 unspecified atom stereocenters. The molecule has 0 bridgehead atoms. The first-order valence-electron chi connectivity index (χ1n) is 7.30. The summed E-state index contributed by atoms with van der Waals surface area (Å²) in [5, 5.41) is 11.3. The fraction of sp³-hybridized carbons (Fsp3) is 0.235. The van der Waals surface area contributed by atoms with E-state index in [1.165, 1.54) is 18.2 Å². The van der Waals surface area contributed by atoms with Gasteiger partial charge >= 0.3 is 12.5 Å². The van der Waals surface area contributed by atoms with Crippen molar-refractivity contribution in [2.75, 3.05) is 0 Å². The smallest absolute Gasteiger partial charge is 0.465 e. The lowest BCUT2D eigenvalue weighted by atomic mass is 9.99. The van der Waals surface area contributed by atoms with Gasteiger partial charge in [0.15, 0.2) is 0 Å². The summed E-state index contributed by atoms with van der Waals surface area (Å²) in [6.45, 7) is 0. The van der Waals surface area contributed by atoms with Crippen LogP contribution in [0.15, 0.2) is 42.5 Å². The number of amides is 1. The zero-order chi connectivity index (χ0) is 17.3. The van der Waals surface area contributed by atoms with E-state index in [2.05, 4.69) is 10.1 Å². The van der Waals surface area contributed by atoms with Crippen LogP contribution in [-0.4, -0.2) is 17.6 Å². The lowest BCUT2D eigenvalue weighted by Crippen LogP contribution is -2.24. The first-order chi connectivity index (χ1) is 11.3. The van der Waals surface area contributed by atoms with Crippen LogP contribution < -0.4 is 10.1 Å². The highest BCUT2D eigenvalue weighted by Crippen LogP contribution is 2.35. The third-order valence-electron chi connectivity index (χ3n) is 3.92. The molecule has 4 nitrogen and oxygen atoms in total. The largest absolute Gasteiger partial charge is 0.573 e. The van der Waals surface area contributed by atoms with E-state index in [1.54, 1.807) is 12.1 Å². The lowest BCUT2D eigenvalue weighted by molar-refractivity contribution is -0.274. The predicted molar refractivity (Wildman–Crippen MR) is 80.8 cm³/mol. The number of carboxylic acid groups (broad SMARTS) is 1. The zero-order valence-corrected chi connectivity index (χ0v) is 12.4. The maximum absolute atomic E-state index is 12.3. The Balaban J connectivity index is 1.87. The van der Waals surface area contributed by atoms with Gasteiger partial charge in [0.25, 0.3) is 0 Å². The van der Waals surface area contributed by atoms with Crippen LogP contribution in [-0.2, 0) is 6.42 Å². The van der Waals surface area contributed by atoms with Crippen LogP contribution in [0.5, 0.6) is 5.75 Å². The molecule has 1 aliphatic rings. The van der Waals surface area contributed by atoms with Crippen molar-refractivity contribution in [3.63, 3.8) is 0 Å². The molecule has 2 aromatic carbocycles. The van der Waals surface area contributed by atoms with Gasteiger partial charge in [-0.15, -0.1) is 13.2 Å². The number of hydrogen-bond acceptors (Lipinski definition) is 2. The monoisotopic (exact) mass is 337 g/mol. The summed E-state index contributed by atoms with van der Waals surface area (Å²) in [6, 6.07) is 11.0. The Hall–Kier alpha value is -2.70. The number of alkyl halides is 3. The van der Waals surface area contributed by atoms with Crippen molar-refractivity contribution in [1.29, 1.82) is 0 Å². The quantitative estimate of drug-likeness (QED) is 0.866. The number of nitrogens with one attached hydrogen (secondary N) is 1.